The molecular weight excluding hydrogens is 225 g/mol. The first kappa shape index (κ1) is 7.79. The predicted molar refractivity (Wildman–Crippen MR) is 48.8 cm³/mol. The molecule has 0 spiro atoms. The van der Waals surface area contributed by atoms with Crippen LogP contribution in [0.1, 0.15) is 26.2 Å². The van der Waals surface area contributed by atoms with Crippen molar-refractivity contribution in [2.75, 3.05) is 0 Å². The Balaban J connectivity index is 2.34. The van der Waals surface area contributed by atoms with Gasteiger partial charge >= 0.3 is 0 Å². The van der Waals surface area contributed by atoms with Crippen LogP contribution < -0.4 is 5.73 Å². The van der Waals surface area contributed by atoms with Gasteiger partial charge in [0.2, 0.25) is 0 Å². The van der Waals surface area contributed by atoms with Crippen LogP contribution in [-0.2, 0) is 0 Å². The number of alkyl halides is 1. The maximum Gasteiger partial charge on any atom is 0.0127 e. The van der Waals surface area contributed by atoms with Crippen molar-refractivity contribution in [2.45, 2.75) is 36.2 Å². The van der Waals surface area contributed by atoms with Crippen molar-refractivity contribution in [1.29, 1.82) is 0 Å². The monoisotopic (exact) mass is 239 g/mol. The lowest BCUT2D eigenvalue weighted by Crippen LogP contribution is -2.31. The predicted octanol–water partition coefficient (Wildman–Crippen LogP) is 1.94. The molecule has 1 unspecified atom stereocenters. The van der Waals surface area contributed by atoms with Crippen LogP contribution in [0.4, 0.5) is 0 Å². The van der Waals surface area contributed by atoms with Crippen LogP contribution in [0.2, 0.25) is 0 Å². The van der Waals surface area contributed by atoms with Crippen LogP contribution in [0.5, 0.6) is 0 Å². The third kappa shape index (κ3) is 2.42. The Morgan fingerprint density at radius 2 is 2.00 bits per heavy atom. The van der Waals surface area contributed by atoms with Crippen LogP contribution in [0, 0.1) is 5.92 Å². The van der Waals surface area contributed by atoms with Crippen LogP contribution >= 0.6 is 22.6 Å². The highest BCUT2D eigenvalue weighted by Gasteiger charge is 2.21. The number of rotatable bonds is 0. The van der Waals surface area contributed by atoms with E-state index in [1.807, 2.05) is 0 Å². The zero-order valence-electron chi connectivity index (χ0n) is 5.81. The number of nitrogens with two attached hydrogens (primary N) is 1. The summed E-state index contributed by atoms with van der Waals surface area (Å²) in [5, 5.41) is 0. The van der Waals surface area contributed by atoms with E-state index in [9.17, 15) is 0 Å². The molecule has 2 N–H and O–H groups in total. The number of halogens is 1. The summed E-state index contributed by atoms with van der Waals surface area (Å²) in [5.74, 6) is 0.857. The van der Waals surface area contributed by atoms with Crippen LogP contribution in [0.3, 0.4) is 0 Å². The smallest absolute Gasteiger partial charge is 0.0127 e. The fraction of sp³-hybridized carbons (Fsp3) is 1.00. The second-order valence-corrected chi connectivity index (χ2v) is 4.93. The Kier molecular flexibility index (Phi) is 2.76. The van der Waals surface area contributed by atoms with Crippen LogP contribution in [-0.4, -0.2) is 9.97 Å². The Hall–Kier alpha value is 0.690. The molecule has 0 saturated heterocycles. The van der Waals surface area contributed by atoms with Crippen molar-refractivity contribution >= 4 is 22.6 Å². The maximum absolute atomic E-state index is 5.81. The Morgan fingerprint density at radius 1 is 1.33 bits per heavy atom. The molecular formula is C7H14IN. The highest BCUT2D eigenvalue weighted by Crippen LogP contribution is 2.27. The van der Waals surface area contributed by atoms with E-state index in [1.165, 1.54) is 19.3 Å². The van der Waals surface area contributed by atoms with Gasteiger partial charge in [-0.15, -0.1) is 0 Å². The zero-order chi connectivity index (χ0) is 6.85. The molecule has 1 rings (SSSR count). The van der Waals surface area contributed by atoms with Crippen molar-refractivity contribution < 1.29 is 0 Å². The van der Waals surface area contributed by atoms with Gasteiger partial charge < -0.3 is 5.73 Å². The summed E-state index contributed by atoms with van der Waals surface area (Å²) >= 11 is 2.51. The molecule has 9 heavy (non-hydrogen) atoms. The maximum atomic E-state index is 5.81. The number of hydrogen-bond acceptors (Lipinski definition) is 1. The lowest BCUT2D eigenvalue weighted by Gasteiger charge is -2.27. The highest BCUT2D eigenvalue weighted by atomic mass is 127. The lowest BCUT2D eigenvalue weighted by atomic mass is 9.88. The zero-order valence-corrected chi connectivity index (χ0v) is 7.97. The fourth-order valence-electron chi connectivity index (χ4n) is 1.57. The molecule has 0 amide bonds. The summed E-state index contributed by atoms with van der Waals surface area (Å²) in [6, 6.07) is 0.482. The third-order valence-electron chi connectivity index (χ3n) is 1.92. The molecule has 0 aromatic rings. The molecule has 0 bridgehead atoms. The Morgan fingerprint density at radius 3 is 2.44 bits per heavy atom. The molecule has 0 aromatic carbocycles. The van der Waals surface area contributed by atoms with E-state index in [4.69, 9.17) is 5.73 Å². The minimum Gasteiger partial charge on any atom is -0.328 e. The molecule has 1 saturated carbocycles. The minimum absolute atomic E-state index is 0.482. The van der Waals surface area contributed by atoms with E-state index in [1.54, 1.807) is 0 Å². The average Bonchev–Trinajstić information content (AvgIpc) is 1.59. The molecule has 0 aromatic heterocycles. The first-order chi connectivity index (χ1) is 4.18. The minimum atomic E-state index is 0.482. The molecule has 3 atom stereocenters. The van der Waals surface area contributed by atoms with Gasteiger partial charge in [-0.05, 0) is 25.2 Å². The van der Waals surface area contributed by atoms with Gasteiger partial charge in [0, 0.05) is 9.97 Å². The van der Waals surface area contributed by atoms with Crippen molar-refractivity contribution in [3.8, 4) is 0 Å². The second-order valence-electron chi connectivity index (χ2n) is 3.17. The van der Waals surface area contributed by atoms with Gasteiger partial charge in [0.25, 0.3) is 0 Å². The summed E-state index contributed by atoms with van der Waals surface area (Å²) in [6.07, 6.45) is 3.83. The first-order valence-corrected chi connectivity index (χ1v) is 4.82. The topological polar surface area (TPSA) is 26.0 Å². The van der Waals surface area contributed by atoms with E-state index >= 15 is 0 Å². The standard InChI is InChI=1S/C7H14IN/c1-5-2-6(8)4-7(9)3-5/h5-7H,2-4,9H2,1H3/t5-,6?,7-/m0/s1. The quantitative estimate of drug-likeness (QED) is 0.507. The van der Waals surface area contributed by atoms with Crippen molar-refractivity contribution in [3.05, 3.63) is 0 Å². The van der Waals surface area contributed by atoms with Crippen molar-refractivity contribution in [2.24, 2.45) is 11.7 Å². The average molecular weight is 239 g/mol. The Labute approximate surface area is 70.5 Å². The van der Waals surface area contributed by atoms with Gasteiger partial charge in [-0.25, -0.2) is 0 Å². The summed E-state index contributed by atoms with van der Waals surface area (Å²) in [7, 11) is 0. The molecule has 0 radical (unpaired) electrons. The van der Waals surface area contributed by atoms with Gasteiger partial charge in [-0.3, -0.25) is 0 Å². The summed E-state index contributed by atoms with van der Waals surface area (Å²) in [6.45, 7) is 2.30. The molecule has 1 aliphatic rings. The van der Waals surface area contributed by atoms with Gasteiger partial charge in [0.05, 0.1) is 0 Å². The summed E-state index contributed by atoms with van der Waals surface area (Å²) < 4.78 is 0.835. The van der Waals surface area contributed by atoms with Crippen LogP contribution in [0.15, 0.2) is 0 Å². The molecule has 0 heterocycles. The van der Waals surface area contributed by atoms with Crippen molar-refractivity contribution in [3.63, 3.8) is 0 Å². The molecule has 1 nitrogen and oxygen atoms in total. The molecule has 1 fully saturated rings. The van der Waals surface area contributed by atoms with E-state index in [0.717, 1.165) is 9.84 Å². The van der Waals surface area contributed by atoms with Crippen molar-refractivity contribution in [1.82, 2.24) is 0 Å². The van der Waals surface area contributed by atoms with E-state index in [-0.39, 0.29) is 0 Å². The van der Waals surface area contributed by atoms with Gasteiger partial charge in [0.1, 0.15) is 0 Å². The fourth-order valence-corrected chi connectivity index (χ4v) is 3.09. The largest absolute Gasteiger partial charge is 0.328 e. The molecule has 54 valence electrons. The van der Waals surface area contributed by atoms with Gasteiger partial charge in [-0.2, -0.15) is 0 Å². The van der Waals surface area contributed by atoms with Crippen LogP contribution in [0.25, 0.3) is 0 Å². The van der Waals surface area contributed by atoms with Gasteiger partial charge in [-0.1, -0.05) is 29.5 Å². The van der Waals surface area contributed by atoms with E-state index in [0.29, 0.717) is 6.04 Å². The SMILES string of the molecule is C[C@H]1CC(I)C[C@@H](N)C1. The first-order valence-electron chi connectivity index (χ1n) is 3.58. The van der Waals surface area contributed by atoms with E-state index in [2.05, 4.69) is 29.5 Å². The number of hydrogen-bond donors (Lipinski definition) is 1. The second kappa shape index (κ2) is 3.19. The highest BCUT2D eigenvalue weighted by molar-refractivity contribution is 14.1. The Bertz CT molecular complexity index is 69.9. The normalized spacial score (nSPS) is 45.0. The lowest BCUT2D eigenvalue weighted by molar-refractivity contribution is 0.360. The third-order valence-corrected chi connectivity index (χ3v) is 2.94. The molecule has 0 aliphatic heterocycles. The summed E-state index contributed by atoms with van der Waals surface area (Å²) in [5.41, 5.74) is 5.81. The molecule has 1 aliphatic carbocycles. The molecule has 2 heteroatoms. The summed E-state index contributed by atoms with van der Waals surface area (Å²) in [4.78, 5) is 0. The van der Waals surface area contributed by atoms with E-state index < -0.39 is 0 Å². The van der Waals surface area contributed by atoms with Gasteiger partial charge in [0.15, 0.2) is 0 Å².